The van der Waals surface area contributed by atoms with Gasteiger partial charge in [0.2, 0.25) is 0 Å². The van der Waals surface area contributed by atoms with Crippen LogP contribution in [0.5, 0.6) is 5.75 Å². The number of carbonyl (C=O) groups excluding carboxylic acids is 1. The van der Waals surface area contributed by atoms with E-state index in [1.807, 2.05) is 55.5 Å². The van der Waals surface area contributed by atoms with Gasteiger partial charge in [-0.1, -0.05) is 42.5 Å². The molecule has 0 bridgehead atoms. The molecule has 1 unspecified atom stereocenters. The third-order valence-corrected chi connectivity index (χ3v) is 3.47. The van der Waals surface area contributed by atoms with Crippen LogP contribution >= 0.6 is 0 Å². The Labute approximate surface area is 130 Å². The number of hydrogen-bond acceptors (Lipinski definition) is 4. The van der Waals surface area contributed by atoms with Crippen LogP contribution in [0.2, 0.25) is 0 Å². The summed E-state index contributed by atoms with van der Waals surface area (Å²) >= 11 is 0. The van der Waals surface area contributed by atoms with Crippen LogP contribution in [-0.4, -0.2) is 20.2 Å². The molecule has 4 nitrogen and oxygen atoms in total. The van der Waals surface area contributed by atoms with Crippen molar-refractivity contribution in [3.63, 3.8) is 0 Å². The van der Waals surface area contributed by atoms with Crippen LogP contribution in [0.3, 0.4) is 0 Å². The predicted molar refractivity (Wildman–Crippen MR) is 83.7 cm³/mol. The highest BCUT2D eigenvalue weighted by Gasteiger charge is 2.23. The molecule has 4 heteroatoms. The molecule has 116 valence electrons. The standard InChI is InChI=1S/C18H20O4/c1-13-8-4-7-11-16(13)22-12-14-9-5-6-10-15(14)17(20-2)18(19)21-3/h4-11,17H,12H2,1-3H3. The van der Waals surface area contributed by atoms with Crippen molar-refractivity contribution in [2.45, 2.75) is 19.6 Å². The molecule has 1 atom stereocenters. The van der Waals surface area contributed by atoms with Gasteiger partial charge in [-0.05, 0) is 29.7 Å². The second-order valence-corrected chi connectivity index (χ2v) is 4.89. The molecule has 0 aliphatic heterocycles. The van der Waals surface area contributed by atoms with Crippen molar-refractivity contribution in [3.05, 3.63) is 65.2 Å². The fourth-order valence-corrected chi connectivity index (χ4v) is 2.25. The minimum atomic E-state index is -0.748. The van der Waals surface area contributed by atoms with E-state index in [0.717, 1.165) is 22.4 Å². The van der Waals surface area contributed by atoms with Crippen LogP contribution in [0.25, 0.3) is 0 Å². The summed E-state index contributed by atoms with van der Waals surface area (Å²) in [5.41, 5.74) is 2.71. The van der Waals surface area contributed by atoms with Gasteiger partial charge < -0.3 is 14.2 Å². The van der Waals surface area contributed by atoms with Crippen molar-refractivity contribution in [2.75, 3.05) is 14.2 Å². The zero-order valence-electron chi connectivity index (χ0n) is 13.0. The first-order valence-corrected chi connectivity index (χ1v) is 7.04. The van der Waals surface area contributed by atoms with Gasteiger partial charge in [-0.3, -0.25) is 0 Å². The lowest BCUT2D eigenvalue weighted by Gasteiger charge is -2.18. The normalized spacial score (nSPS) is 11.8. The number of benzene rings is 2. The Morgan fingerprint density at radius 1 is 1.05 bits per heavy atom. The van der Waals surface area contributed by atoms with E-state index >= 15 is 0 Å². The maximum atomic E-state index is 11.8. The molecule has 0 saturated heterocycles. The summed E-state index contributed by atoms with van der Waals surface area (Å²) in [6.07, 6.45) is -0.748. The Hall–Kier alpha value is -2.33. The molecule has 0 saturated carbocycles. The van der Waals surface area contributed by atoms with Crippen LogP contribution in [0.4, 0.5) is 0 Å². The molecule has 0 heterocycles. The number of para-hydroxylation sites is 1. The van der Waals surface area contributed by atoms with Crippen LogP contribution in [-0.2, 0) is 20.9 Å². The minimum Gasteiger partial charge on any atom is -0.489 e. The second kappa shape index (κ2) is 7.61. The van der Waals surface area contributed by atoms with Crippen molar-refractivity contribution in [2.24, 2.45) is 0 Å². The highest BCUT2D eigenvalue weighted by atomic mass is 16.6. The van der Waals surface area contributed by atoms with E-state index in [4.69, 9.17) is 14.2 Å². The number of hydrogen-bond donors (Lipinski definition) is 0. The number of aryl methyl sites for hydroxylation is 1. The van der Waals surface area contributed by atoms with Crippen LogP contribution in [0, 0.1) is 6.92 Å². The molecule has 2 aromatic rings. The monoisotopic (exact) mass is 300 g/mol. The van der Waals surface area contributed by atoms with Crippen LogP contribution < -0.4 is 4.74 Å². The summed E-state index contributed by atoms with van der Waals surface area (Å²) in [5, 5.41) is 0. The summed E-state index contributed by atoms with van der Waals surface area (Å²) in [6.45, 7) is 2.35. The topological polar surface area (TPSA) is 44.8 Å². The molecule has 0 fully saturated rings. The molecule has 2 rings (SSSR count). The van der Waals surface area contributed by atoms with E-state index in [9.17, 15) is 4.79 Å². The zero-order valence-corrected chi connectivity index (χ0v) is 13.0. The first-order valence-electron chi connectivity index (χ1n) is 7.04. The Morgan fingerprint density at radius 2 is 1.73 bits per heavy atom. The van der Waals surface area contributed by atoms with Gasteiger partial charge in [-0.25, -0.2) is 4.79 Å². The van der Waals surface area contributed by atoms with Crippen molar-refractivity contribution < 1.29 is 19.0 Å². The van der Waals surface area contributed by atoms with Gasteiger partial charge in [0.15, 0.2) is 6.10 Å². The summed E-state index contributed by atoms with van der Waals surface area (Å²) in [6, 6.07) is 15.4. The maximum Gasteiger partial charge on any atom is 0.339 e. The van der Waals surface area contributed by atoms with Gasteiger partial charge in [0.1, 0.15) is 12.4 Å². The molecular weight excluding hydrogens is 280 g/mol. The lowest BCUT2D eigenvalue weighted by molar-refractivity contribution is -0.152. The fraction of sp³-hybridized carbons (Fsp3) is 0.278. The quantitative estimate of drug-likeness (QED) is 0.767. The summed E-state index contributed by atoms with van der Waals surface area (Å²) in [5.74, 6) is 0.398. The van der Waals surface area contributed by atoms with Crippen LogP contribution in [0.15, 0.2) is 48.5 Å². The Kier molecular flexibility index (Phi) is 5.55. The molecule has 0 aliphatic carbocycles. The molecule has 0 spiro atoms. The molecule has 0 aromatic heterocycles. The molecule has 0 N–H and O–H groups in total. The Morgan fingerprint density at radius 3 is 2.41 bits per heavy atom. The summed E-state index contributed by atoms with van der Waals surface area (Å²) in [4.78, 5) is 11.8. The minimum absolute atomic E-state index is 0.359. The average molecular weight is 300 g/mol. The van der Waals surface area contributed by atoms with Crippen molar-refractivity contribution in [3.8, 4) is 5.75 Å². The smallest absolute Gasteiger partial charge is 0.339 e. The van der Waals surface area contributed by atoms with Gasteiger partial charge in [-0.2, -0.15) is 0 Å². The first kappa shape index (κ1) is 16.0. The predicted octanol–water partition coefficient (Wildman–Crippen LogP) is 3.43. The van der Waals surface area contributed by atoms with Gasteiger partial charge in [0, 0.05) is 7.11 Å². The number of ether oxygens (including phenoxy) is 3. The average Bonchev–Trinajstić information content (AvgIpc) is 2.55. The van der Waals surface area contributed by atoms with Crippen molar-refractivity contribution in [1.29, 1.82) is 0 Å². The van der Waals surface area contributed by atoms with E-state index in [1.165, 1.54) is 14.2 Å². The highest BCUT2D eigenvalue weighted by molar-refractivity contribution is 5.77. The Bertz CT molecular complexity index is 636. The molecule has 22 heavy (non-hydrogen) atoms. The van der Waals surface area contributed by atoms with E-state index in [-0.39, 0.29) is 0 Å². The molecule has 0 amide bonds. The van der Waals surface area contributed by atoms with Crippen molar-refractivity contribution in [1.82, 2.24) is 0 Å². The summed E-state index contributed by atoms with van der Waals surface area (Å²) in [7, 11) is 2.83. The second-order valence-electron chi connectivity index (χ2n) is 4.89. The third kappa shape index (κ3) is 3.65. The molecular formula is C18H20O4. The highest BCUT2D eigenvalue weighted by Crippen LogP contribution is 2.24. The first-order chi connectivity index (χ1) is 10.7. The summed E-state index contributed by atoms with van der Waals surface area (Å²) < 4.78 is 15.9. The van der Waals surface area contributed by atoms with Gasteiger partial charge >= 0.3 is 5.97 Å². The fourth-order valence-electron chi connectivity index (χ4n) is 2.25. The van der Waals surface area contributed by atoms with E-state index < -0.39 is 12.1 Å². The number of carbonyl (C=O) groups is 1. The van der Waals surface area contributed by atoms with E-state index in [0.29, 0.717) is 6.61 Å². The zero-order chi connectivity index (χ0) is 15.9. The van der Waals surface area contributed by atoms with Gasteiger partial charge in [0.05, 0.1) is 7.11 Å². The number of methoxy groups -OCH3 is 2. The number of rotatable bonds is 6. The Balaban J connectivity index is 2.21. The van der Waals surface area contributed by atoms with Crippen molar-refractivity contribution >= 4 is 5.97 Å². The van der Waals surface area contributed by atoms with Crippen LogP contribution in [0.1, 0.15) is 22.8 Å². The van der Waals surface area contributed by atoms with Gasteiger partial charge in [-0.15, -0.1) is 0 Å². The molecule has 0 radical (unpaired) electrons. The lowest BCUT2D eigenvalue weighted by atomic mass is 10.0. The molecule has 0 aliphatic rings. The largest absolute Gasteiger partial charge is 0.489 e. The third-order valence-electron chi connectivity index (χ3n) is 3.47. The molecule has 2 aromatic carbocycles. The van der Waals surface area contributed by atoms with E-state index in [2.05, 4.69) is 0 Å². The van der Waals surface area contributed by atoms with E-state index in [1.54, 1.807) is 0 Å². The lowest BCUT2D eigenvalue weighted by Crippen LogP contribution is -2.18. The maximum absolute atomic E-state index is 11.8. The van der Waals surface area contributed by atoms with Gasteiger partial charge in [0.25, 0.3) is 0 Å². The number of esters is 1. The SMILES string of the molecule is COC(=O)C(OC)c1ccccc1COc1ccccc1C.